The molecule has 1 aliphatic rings. The molecule has 0 bridgehead atoms. The molecule has 1 amide bonds. The number of hydrogen-bond donors (Lipinski definition) is 1. The van der Waals surface area contributed by atoms with E-state index in [9.17, 15) is 18.0 Å². The first kappa shape index (κ1) is 17.5. The molecule has 1 aromatic heterocycles. The lowest BCUT2D eigenvalue weighted by atomic mass is 10.1. The second-order valence-electron chi connectivity index (χ2n) is 6.17. The standard InChI is InChI=1S/C17H19F3N4O/c1-11-15(16(25)23(2)14-6-7-21-9-14)10-22-24(11)13-5-3-4-12(8-13)17(18,19)20/h3-5,8,10,14,21H,6-7,9H2,1-2H3/t14-/m0/s1. The molecule has 0 aliphatic carbocycles. The minimum Gasteiger partial charge on any atom is -0.337 e. The number of rotatable bonds is 3. The maximum atomic E-state index is 12.9. The van der Waals surface area contributed by atoms with Gasteiger partial charge in [0.05, 0.1) is 28.7 Å². The lowest BCUT2D eigenvalue weighted by Crippen LogP contribution is -2.38. The lowest BCUT2D eigenvalue weighted by Gasteiger charge is -2.23. The summed E-state index contributed by atoms with van der Waals surface area (Å²) in [5, 5.41) is 7.33. The molecule has 0 spiro atoms. The second kappa shape index (κ2) is 6.51. The Labute approximate surface area is 143 Å². The Morgan fingerprint density at radius 2 is 2.16 bits per heavy atom. The van der Waals surface area contributed by atoms with Crippen LogP contribution >= 0.6 is 0 Å². The molecule has 134 valence electrons. The number of halogens is 3. The molecule has 1 atom stereocenters. The van der Waals surface area contributed by atoms with E-state index in [0.29, 0.717) is 11.3 Å². The van der Waals surface area contributed by atoms with Crippen molar-refractivity contribution in [3.05, 3.63) is 47.3 Å². The highest BCUT2D eigenvalue weighted by Gasteiger charge is 2.31. The molecular weight excluding hydrogens is 333 g/mol. The average molecular weight is 352 g/mol. The number of carbonyl (C=O) groups is 1. The van der Waals surface area contributed by atoms with E-state index in [1.54, 1.807) is 18.9 Å². The average Bonchev–Trinajstić information content (AvgIpc) is 3.22. The molecule has 5 nitrogen and oxygen atoms in total. The van der Waals surface area contributed by atoms with Crippen LogP contribution in [-0.2, 0) is 6.18 Å². The van der Waals surface area contributed by atoms with Crippen molar-refractivity contribution >= 4 is 5.91 Å². The van der Waals surface area contributed by atoms with E-state index in [4.69, 9.17) is 0 Å². The summed E-state index contributed by atoms with van der Waals surface area (Å²) >= 11 is 0. The monoisotopic (exact) mass is 352 g/mol. The fourth-order valence-electron chi connectivity index (χ4n) is 3.02. The molecule has 0 saturated carbocycles. The Balaban J connectivity index is 1.90. The zero-order valence-electron chi connectivity index (χ0n) is 14.0. The van der Waals surface area contributed by atoms with Gasteiger partial charge in [0.1, 0.15) is 0 Å². The van der Waals surface area contributed by atoms with Crippen molar-refractivity contribution in [2.24, 2.45) is 0 Å². The third-order valence-corrected chi connectivity index (χ3v) is 4.56. The van der Waals surface area contributed by atoms with Crippen LogP contribution in [0, 0.1) is 6.92 Å². The van der Waals surface area contributed by atoms with Gasteiger partial charge < -0.3 is 10.2 Å². The zero-order valence-corrected chi connectivity index (χ0v) is 14.0. The fraction of sp³-hybridized carbons (Fsp3) is 0.412. The summed E-state index contributed by atoms with van der Waals surface area (Å²) in [6, 6.07) is 5.02. The molecule has 8 heteroatoms. The molecule has 1 aliphatic heterocycles. The highest BCUT2D eigenvalue weighted by atomic mass is 19.4. The van der Waals surface area contributed by atoms with Gasteiger partial charge in [-0.15, -0.1) is 0 Å². The van der Waals surface area contributed by atoms with E-state index in [0.717, 1.165) is 31.6 Å². The van der Waals surface area contributed by atoms with Crippen LogP contribution < -0.4 is 5.32 Å². The molecule has 25 heavy (non-hydrogen) atoms. The number of benzene rings is 1. The number of nitrogens with zero attached hydrogens (tertiary/aromatic N) is 3. The highest BCUT2D eigenvalue weighted by molar-refractivity contribution is 5.95. The molecule has 2 heterocycles. The Kier molecular flexibility index (Phi) is 4.55. The molecule has 1 saturated heterocycles. The van der Waals surface area contributed by atoms with E-state index >= 15 is 0 Å². The summed E-state index contributed by atoms with van der Waals surface area (Å²) in [7, 11) is 1.74. The van der Waals surface area contributed by atoms with Crippen LogP contribution in [0.4, 0.5) is 13.2 Å². The molecule has 3 rings (SSSR count). The quantitative estimate of drug-likeness (QED) is 0.924. The van der Waals surface area contributed by atoms with Gasteiger partial charge in [0, 0.05) is 19.6 Å². The predicted molar refractivity (Wildman–Crippen MR) is 86.7 cm³/mol. The summed E-state index contributed by atoms with van der Waals surface area (Å²) < 4.78 is 40.1. The maximum absolute atomic E-state index is 12.9. The van der Waals surface area contributed by atoms with Gasteiger partial charge >= 0.3 is 6.18 Å². The summed E-state index contributed by atoms with van der Waals surface area (Å²) in [5.74, 6) is -0.176. The molecule has 2 aromatic rings. The molecule has 1 N–H and O–H groups in total. The van der Waals surface area contributed by atoms with Crippen molar-refractivity contribution in [3.63, 3.8) is 0 Å². The van der Waals surface area contributed by atoms with Gasteiger partial charge in [-0.25, -0.2) is 4.68 Å². The van der Waals surface area contributed by atoms with Crippen molar-refractivity contribution in [3.8, 4) is 5.69 Å². The number of carbonyl (C=O) groups excluding carboxylic acids is 1. The minimum atomic E-state index is -4.43. The largest absolute Gasteiger partial charge is 0.416 e. The summed E-state index contributed by atoms with van der Waals surface area (Å²) in [4.78, 5) is 14.4. The minimum absolute atomic E-state index is 0.115. The number of aromatic nitrogens is 2. The maximum Gasteiger partial charge on any atom is 0.416 e. The van der Waals surface area contributed by atoms with Gasteiger partial charge in [0.2, 0.25) is 0 Å². The van der Waals surface area contributed by atoms with Crippen LogP contribution in [-0.4, -0.2) is 46.8 Å². The van der Waals surface area contributed by atoms with E-state index in [1.165, 1.54) is 23.0 Å². The van der Waals surface area contributed by atoms with Gasteiger partial charge in [-0.1, -0.05) is 6.07 Å². The third-order valence-electron chi connectivity index (χ3n) is 4.56. The van der Waals surface area contributed by atoms with Crippen molar-refractivity contribution in [2.75, 3.05) is 20.1 Å². The lowest BCUT2D eigenvalue weighted by molar-refractivity contribution is -0.137. The Hall–Kier alpha value is -2.35. The first-order chi connectivity index (χ1) is 11.8. The Morgan fingerprint density at radius 1 is 1.40 bits per heavy atom. The van der Waals surface area contributed by atoms with Gasteiger partial charge in [-0.05, 0) is 38.1 Å². The third kappa shape index (κ3) is 3.39. The van der Waals surface area contributed by atoms with Crippen LogP contribution in [0.1, 0.15) is 28.0 Å². The number of nitrogens with one attached hydrogen (secondary N) is 1. The summed E-state index contributed by atoms with van der Waals surface area (Å²) in [5.41, 5.74) is 0.437. The van der Waals surface area contributed by atoms with Gasteiger partial charge in [0.15, 0.2) is 0 Å². The predicted octanol–water partition coefficient (Wildman–Crippen LogP) is 2.63. The van der Waals surface area contributed by atoms with Gasteiger partial charge in [-0.2, -0.15) is 18.3 Å². The Bertz CT molecular complexity index is 778. The van der Waals surface area contributed by atoms with E-state index < -0.39 is 11.7 Å². The van der Waals surface area contributed by atoms with Crippen LogP contribution in [0.25, 0.3) is 5.69 Å². The second-order valence-corrected chi connectivity index (χ2v) is 6.17. The van der Waals surface area contributed by atoms with Crippen LogP contribution in [0.3, 0.4) is 0 Å². The molecular formula is C17H19F3N4O. The first-order valence-corrected chi connectivity index (χ1v) is 7.99. The van der Waals surface area contributed by atoms with Crippen molar-refractivity contribution in [2.45, 2.75) is 25.6 Å². The molecule has 0 unspecified atom stereocenters. The molecule has 1 aromatic carbocycles. The topological polar surface area (TPSA) is 50.2 Å². The normalized spacial score (nSPS) is 17.7. The van der Waals surface area contributed by atoms with Gasteiger partial charge in [-0.3, -0.25) is 4.79 Å². The van der Waals surface area contributed by atoms with Crippen LogP contribution in [0.5, 0.6) is 0 Å². The number of hydrogen-bond acceptors (Lipinski definition) is 3. The van der Waals surface area contributed by atoms with Crippen molar-refractivity contribution in [1.29, 1.82) is 0 Å². The fourth-order valence-corrected chi connectivity index (χ4v) is 3.02. The van der Waals surface area contributed by atoms with Crippen LogP contribution in [0.15, 0.2) is 30.5 Å². The van der Waals surface area contributed by atoms with Crippen LogP contribution in [0.2, 0.25) is 0 Å². The molecule has 0 radical (unpaired) electrons. The number of alkyl halides is 3. The number of amides is 1. The number of likely N-dealkylation sites (N-methyl/N-ethyl adjacent to an activating group) is 1. The smallest absolute Gasteiger partial charge is 0.337 e. The SMILES string of the molecule is Cc1c(C(=O)N(C)[C@H]2CCNC2)cnn1-c1cccc(C(F)(F)F)c1. The summed E-state index contributed by atoms with van der Waals surface area (Å²) in [6.07, 6.45) is -2.13. The van der Waals surface area contributed by atoms with E-state index in [1.807, 2.05) is 0 Å². The van der Waals surface area contributed by atoms with E-state index in [2.05, 4.69) is 10.4 Å². The van der Waals surface area contributed by atoms with Crippen molar-refractivity contribution < 1.29 is 18.0 Å². The van der Waals surface area contributed by atoms with E-state index in [-0.39, 0.29) is 17.6 Å². The highest BCUT2D eigenvalue weighted by Crippen LogP contribution is 2.30. The Morgan fingerprint density at radius 3 is 2.80 bits per heavy atom. The van der Waals surface area contributed by atoms with Crippen molar-refractivity contribution in [1.82, 2.24) is 20.0 Å². The first-order valence-electron chi connectivity index (χ1n) is 7.99. The van der Waals surface area contributed by atoms with Gasteiger partial charge in [0.25, 0.3) is 5.91 Å². The molecule has 1 fully saturated rings. The zero-order chi connectivity index (χ0) is 18.2. The summed E-state index contributed by atoms with van der Waals surface area (Å²) in [6.45, 7) is 3.29.